The standard InChI is InChI=1S/C12H11NO3S.Y/c1-9-4-5-12(11(7-9)13(14)15)17-8-10-3-2-6-16-10;/h2-7H,8H2,1H3;. The van der Waals surface area contributed by atoms with E-state index in [0.717, 1.165) is 11.3 Å². The van der Waals surface area contributed by atoms with Crippen LogP contribution in [0.15, 0.2) is 45.9 Å². The Morgan fingerprint density at radius 3 is 2.78 bits per heavy atom. The topological polar surface area (TPSA) is 56.3 Å². The third-order valence-corrected chi connectivity index (χ3v) is 3.35. The van der Waals surface area contributed by atoms with E-state index < -0.39 is 0 Å². The van der Waals surface area contributed by atoms with E-state index in [1.54, 1.807) is 24.5 Å². The molecule has 0 aliphatic carbocycles. The Hall–Kier alpha value is -0.646. The predicted molar refractivity (Wildman–Crippen MR) is 66.1 cm³/mol. The Morgan fingerprint density at radius 2 is 2.17 bits per heavy atom. The molecule has 1 aromatic carbocycles. The molecule has 0 N–H and O–H groups in total. The van der Waals surface area contributed by atoms with Crippen molar-refractivity contribution in [2.24, 2.45) is 0 Å². The molecule has 1 heterocycles. The van der Waals surface area contributed by atoms with Crippen molar-refractivity contribution in [2.75, 3.05) is 0 Å². The predicted octanol–water partition coefficient (Wildman–Crippen LogP) is 3.79. The van der Waals surface area contributed by atoms with E-state index in [1.165, 1.54) is 11.8 Å². The first kappa shape index (κ1) is 15.4. The minimum atomic E-state index is -0.350. The second kappa shape index (κ2) is 7.07. The van der Waals surface area contributed by atoms with E-state index in [9.17, 15) is 10.1 Å². The van der Waals surface area contributed by atoms with Crippen LogP contribution in [-0.4, -0.2) is 4.92 Å². The van der Waals surface area contributed by atoms with Gasteiger partial charge in [-0.2, -0.15) is 0 Å². The van der Waals surface area contributed by atoms with Crippen LogP contribution in [0.1, 0.15) is 11.3 Å². The molecule has 1 radical (unpaired) electrons. The summed E-state index contributed by atoms with van der Waals surface area (Å²) in [6, 6.07) is 8.90. The van der Waals surface area contributed by atoms with Gasteiger partial charge in [-0.15, -0.1) is 11.8 Å². The smallest absolute Gasteiger partial charge is 0.283 e. The van der Waals surface area contributed by atoms with Crippen LogP contribution in [0.2, 0.25) is 0 Å². The monoisotopic (exact) mass is 338 g/mol. The second-order valence-corrected chi connectivity index (χ2v) is 4.61. The van der Waals surface area contributed by atoms with E-state index >= 15 is 0 Å². The zero-order valence-electron chi connectivity index (χ0n) is 9.83. The van der Waals surface area contributed by atoms with Crippen molar-refractivity contribution < 1.29 is 42.0 Å². The average molecular weight is 338 g/mol. The minimum absolute atomic E-state index is 0. The molecule has 0 fully saturated rings. The summed E-state index contributed by atoms with van der Waals surface area (Å²) in [5.41, 5.74) is 1.04. The normalized spacial score (nSPS) is 9.83. The number of nitro benzene ring substituents is 1. The van der Waals surface area contributed by atoms with Gasteiger partial charge in [0.25, 0.3) is 5.69 Å². The fraction of sp³-hybridized carbons (Fsp3) is 0.167. The Bertz CT molecular complexity index is 528. The Morgan fingerprint density at radius 1 is 1.39 bits per heavy atom. The fourth-order valence-corrected chi connectivity index (χ4v) is 2.34. The molecule has 1 aromatic heterocycles. The maximum absolute atomic E-state index is 10.9. The van der Waals surface area contributed by atoms with Gasteiger partial charge in [0.05, 0.1) is 21.8 Å². The van der Waals surface area contributed by atoms with Crippen molar-refractivity contribution in [1.82, 2.24) is 0 Å². The zero-order valence-corrected chi connectivity index (χ0v) is 13.5. The summed E-state index contributed by atoms with van der Waals surface area (Å²) in [7, 11) is 0. The zero-order chi connectivity index (χ0) is 12.3. The summed E-state index contributed by atoms with van der Waals surface area (Å²) in [4.78, 5) is 11.2. The molecule has 2 rings (SSSR count). The SMILES string of the molecule is Cc1ccc(SCc2ccco2)c([N+](=O)[O-])c1.[Y]. The van der Waals surface area contributed by atoms with Crippen molar-refractivity contribution in [3.63, 3.8) is 0 Å². The summed E-state index contributed by atoms with van der Waals surface area (Å²) < 4.78 is 5.19. The van der Waals surface area contributed by atoms with Gasteiger partial charge in [-0.05, 0) is 30.7 Å². The van der Waals surface area contributed by atoms with Gasteiger partial charge in [-0.3, -0.25) is 10.1 Å². The van der Waals surface area contributed by atoms with Crippen molar-refractivity contribution in [1.29, 1.82) is 0 Å². The molecule has 0 saturated heterocycles. The van der Waals surface area contributed by atoms with Crippen molar-refractivity contribution >= 4 is 17.4 Å². The third-order valence-electron chi connectivity index (χ3n) is 2.26. The van der Waals surface area contributed by atoms with Crippen LogP contribution in [0.3, 0.4) is 0 Å². The largest absolute Gasteiger partial charge is 0.468 e. The maximum atomic E-state index is 10.9. The number of aryl methyl sites for hydroxylation is 1. The number of hydrogen-bond donors (Lipinski definition) is 0. The molecule has 6 heteroatoms. The Kier molecular flexibility index (Phi) is 6.05. The summed E-state index contributed by atoms with van der Waals surface area (Å²) >= 11 is 1.41. The number of hydrogen-bond acceptors (Lipinski definition) is 4. The van der Waals surface area contributed by atoms with E-state index in [4.69, 9.17) is 4.42 Å². The molecule has 18 heavy (non-hydrogen) atoms. The summed E-state index contributed by atoms with van der Waals surface area (Å²) in [6.07, 6.45) is 1.60. The molecule has 0 aliphatic rings. The van der Waals surface area contributed by atoms with Gasteiger partial charge in [0.15, 0.2) is 0 Å². The summed E-state index contributed by atoms with van der Waals surface area (Å²) in [5.74, 6) is 1.40. The first-order valence-electron chi connectivity index (χ1n) is 5.07. The van der Waals surface area contributed by atoms with Crippen LogP contribution in [0, 0.1) is 17.0 Å². The Labute approximate surface area is 134 Å². The molecule has 0 bridgehead atoms. The molecule has 0 spiro atoms. The van der Waals surface area contributed by atoms with Crippen molar-refractivity contribution in [3.8, 4) is 0 Å². The van der Waals surface area contributed by atoms with E-state index in [1.807, 2.05) is 19.1 Å². The number of rotatable bonds is 4. The fourth-order valence-electron chi connectivity index (χ4n) is 1.44. The van der Waals surface area contributed by atoms with Crippen molar-refractivity contribution in [3.05, 3.63) is 58.0 Å². The average Bonchev–Trinajstić information content (AvgIpc) is 2.80. The maximum Gasteiger partial charge on any atom is 0.283 e. The Balaban J connectivity index is 0.00000162. The van der Waals surface area contributed by atoms with Crippen molar-refractivity contribution in [2.45, 2.75) is 17.6 Å². The second-order valence-electron chi connectivity index (χ2n) is 3.60. The molecular weight excluding hydrogens is 327 g/mol. The van der Waals surface area contributed by atoms with Crippen LogP contribution >= 0.6 is 11.8 Å². The van der Waals surface area contributed by atoms with Crippen LogP contribution in [-0.2, 0) is 38.5 Å². The molecular formula is C12H11NO3SY. The number of furan rings is 1. The van der Waals surface area contributed by atoms with E-state index in [0.29, 0.717) is 10.6 Å². The van der Waals surface area contributed by atoms with Crippen LogP contribution in [0.25, 0.3) is 0 Å². The summed E-state index contributed by atoms with van der Waals surface area (Å²) in [5, 5.41) is 10.9. The molecule has 4 nitrogen and oxygen atoms in total. The molecule has 91 valence electrons. The number of nitro groups is 1. The number of nitrogens with zero attached hydrogens (tertiary/aromatic N) is 1. The molecule has 0 atom stereocenters. The van der Waals surface area contributed by atoms with Gasteiger partial charge < -0.3 is 4.42 Å². The molecule has 0 amide bonds. The first-order chi connectivity index (χ1) is 8.16. The van der Waals surface area contributed by atoms with Gasteiger partial charge in [-0.25, -0.2) is 0 Å². The summed E-state index contributed by atoms with van der Waals surface area (Å²) in [6.45, 7) is 1.84. The van der Waals surface area contributed by atoms with Gasteiger partial charge in [0.1, 0.15) is 5.76 Å². The van der Waals surface area contributed by atoms with Crippen LogP contribution in [0.5, 0.6) is 0 Å². The van der Waals surface area contributed by atoms with Gasteiger partial charge in [0, 0.05) is 38.8 Å². The minimum Gasteiger partial charge on any atom is -0.468 e. The number of thioether (sulfide) groups is 1. The van der Waals surface area contributed by atoms with E-state index in [-0.39, 0.29) is 43.3 Å². The molecule has 2 aromatic rings. The molecule has 0 unspecified atom stereocenters. The third kappa shape index (κ3) is 3.93. The van der Waals surface area contributed by atoms with Gasteiger partial charge in [0.2, 0.25) is 0 Å². The first-order valence-corrected chi connectivity index (χ1v) is 6.05. The van der Waals surface area contributed by atoms with E-state index in [2.05, 4.69) is 0 Å². The number of benzene rings is 1. The molecule has 0 saturated carbocycles. The van der Waals surface area contributed by atoms with Crippen LogP contribution < -0.4 is 0 Å². The van der Waals surface area contributed by atoms with Gasteiger partial charge in [-0.1, -0.05) is 6.07 Å². The van der Waals surface area contributed by atoms with Gasteiger partial charge >= 0.3 is 0 Å². The quantitative estimate of drug-likeness (QED) is 0.484. The molecule has 0 aliphatic heterocycles. The van der Waals surface area contributed by atoms with Crippen LogP contribution in [0.4, 0.5) is 5.69 Å².